The van der Waals surface area contributed by atoms with Gasteiger partial charge in [-0.3, -0.25) is 4.99 Å². The summed E-state index contributed by atoms with van der Waals surface area (Å²) in [6.45, 7) is 11.8. The van der Waals surface area contributed by atoms with E-state index in [4.69, 9.17) is 4.99 Å². The van der Waals surface area contributed by atoms with Gasteiger partial charge in [0.05, 0.1) is 6.10 Å². The normalized spacial score (nSPS) is 23.0. The standard InChI is InChI=1S/C17H34N4O/c1-3-18-17(21-13-5-15(2)6-14-21)19-9-4-10-20-11-7-16(22)8-12-20/h15-16,22H,3-14H2,1-2H3,(H,18,19). The lowest BCUT2D eigenvalue weighted by atomic mass is 10.00. The molecule has 0 radical (unpaired) electrons. The lowest BCUT2D eigenvalue weighted by molar-refractivity contribution is 0.0824. The predicted molar refractivity (Wildman–Crippen MR) is 92.2 cm³/mol. The van der Waals surface area contributed by atoms with Crippen LogP contribution in [0.25, 0.3) is 0 Å². The average molecular weight is 310 g/mol. The minimum atomic E-state index is -0.0730. The number of hydrogen-bond donors (Lipinski definition) is 2. The third-order valence-corrected chi connectivity index (χ3v) is 4.87. The summed E-state index contributed by atoms with van der Waals surface area (Å²) in [7, 11) is 0. The Morgan fingerprint density at radius 2 is 1.82 bits per heavy atom. The maximum Gasteiger partial charge on any atom is 0.193 e. The second kappa shape index (κ2) is 9.36. The van der Waals surface area contributed by atoms with Gasteiger partial charge in [-0.1, -0.05) is 6.92 Å². The highest BCUT2D eigenvalue weighted by Gasteiger charge is 2.19. The van der Waals surface area contributed by atoms with E-state index in [2.05, 4.69) is 29.0 Å². The van der Waals surface area contributed by atoms with Gasteiger partial charge in [0, 0.05) is 39.3 Å². The van der Waals surface area contributed by atoms with Crippen molar-refractivity contribution in [2.45, 2.75) is 52.1 Å². The van der Waals surface area contributed by atoms with Crippen molar-refractivity contribution in [2.75, 3.05) is 45.8 Å². The first-order valence-corrected chi connectivity index (χ1v) is 9.12. The molecule has 5 heteroatoms. The molecule has 22 heavy (non-hydrogen) atoms. The van der Waals surface area contributed by atoms with Crippen LogP contribution in [0.4, 0.5) is 0 Å². The number of guanidine groups is 1. The molecule has 2 rings (SSSR count). The summed E-state index contributed by atoms with van der Waals surface area (Å²) in [5.74, 6) is 1.96. The lowest BCUT2D eigenvalue weighted by Crippen LogP contribution is -2.45. The molecule has 2 aliphatic heterocycles. The van der Waals surface area contributed by atoms with Crippen molar-refractivity contribution in [1.29, 1.82) is 0 Å². The number of aliphatic imine (C=N–C) groups is 1. The fourth-order valence-electron chi connectivity index (χ4n) is 3.27. The number of rotatable bonds is 5. The van der Waals surface area contributed by atoms with E-state index in [1.54, 1.807) is 0 Å². The predicted octanol–water partition coefficient (Wildman–Crippen LogP) is 1.53. The van der Waals surface area contributed by atoms with Crippen LogP contribution in [0, 0.1) is 5.92 Å². The van der Waals surface area contributed by atoms with E-state index in [9.17, 15) is 5.11 Å². The minimum Gasteiger partial charge on any atom is -0.393 e. The van der Waals surface area contributed by atoms with Gasteiger partial charge in [-0.15, -0.1) is 0 Å². The van der Waals surface area contributed by atoms with Crippen molar-refractivity contribution in [3.63, 3.8) is 0 Å². The highest BCUT2D eigenvalue weighted by Crippen LogP contribution is 2.16. The molecule has 5 nitrogen and oxygen atoms in total. The molecule has 0 amide bonds. The van der Waals surface area contributed by atoms with Crippen molar-refractivity contribution in [3.8, 4) is 0 Å². The topological polar surface area (TPSA) is 51.1 Å². The van der Waals surface area contributed by atoms with Gasteiger partial charge in [0.15, 0.2) is 5.96 Å². The van der Waals surface area contributed by atoms with Gasteiger partial charge in [-0.05, 0) is 51.5 Å². The van der Waals surface area contributed by atoms with Gasteiger partial charge in [-0.25, -0.2) is 0 Å². The summed E-state index contributed by atoms with van der Waals surface area (Å²) in [5, 5.41) is 13.0. The van der Waals surface area contributed by atoms with E-state index < -0.39 is 0 Å². The summed E-state index contributed by atoms with van der Waals surface area (Å²) < 4.78 is 0. The second-order valence-electron chi connectivity index (χ2n) is 6.83. The van der Waals surface area contributed by atoms with Crippen LogP contribution in [0.1, 0.15) is 46.0 Å². The van der Waals surface area contributed by atoms with Crippen molar-refractivity contribution < 1.29 is 5.11 Å². The Balaban J connectivity index is 1.70. The molecule has 0 atom stereocenters. The third-order valence-electron chi connectivity index (χ3n) is 4.87. The summed E-state index contributed by atoms with van der Waals surface area (Å²) in [6.07, 6.45) is 5.45. The number of likely N-dealkylation sites (tertiary alicyclic amines) is 2. The van der Waals surface area contributed by atoms with Crippen LogP contribution in [0.2, 0.25) is 0 Å². The van der Waals surface area contributed by atoms with E-state index in [-0.39, 0.29) is 6.10 Å². The van der Waals surface area contributed by atoms with Gasteiger partial charge >= 0.3 is 0 Å². The van der Waals surface area contributed by atoms with Crippen LogP contribution in [0.5, 0.6) is 0 Å². The van der Waals surface area contributed by atoms with Crippen molar-refractivity contribution >= 4 is 5.96 Å². The van der Waals surface area contributed by atoms with Crippen LogP contribution in [0.15, 0.2) is 4.99 Å². The van der Waals surface area contributed by atoms with E-state index >= 15 is 0 Å². The second-order valence-corrected chi connectivity index (χ2v) is 6.83. The zero-order valence-corrected chi connectivity index (χ0v) is 14.4. The number of aliphatic hydroxyl groups excluding tert-OH is 1. The van der Waals surface area contributed by atoms with Crippen LogP contribution in [-0.2, 0) is 0 Å². The Labute approximate surface area is 135 Å². The highest BCUT2D eigenvalue weighted by molar-refractivity contribution is 5.80. The number of nitrogens with zero attached hydrogens (tertiary/aromatic N) is 3. The molecule has 2 saturated heterocycles. The van der Waals surface area contributed by atoms with Gasteiger partial charge in [0.2, 0.25) is 0 Å². The van der Waals surface area contributed by atoms with E-state index in [1.807, 2.05) is 0 Å². The molecule has 0 spiro atoms. The Morgan fingerprint density at radius 1 is 1.14 bits per heavy atom. The molecule has 0 unspecified atom stereocenters. The minimum absolute atomic E-state index is 0.0730. The number of hydrogen-bond acceptors (Lipinski definition) is 3. The first-order chi connectivity index (χ1) is 10.7. The summed E-state index contributed by atoms with van der Waals surface area (Å²) in [6, 6.07) is 0. The van der Waals surface area contributed by atoms with Crippen LogP contribution >= 0.6 is 0 Å². The zero-order chi connectivity index (χ0) is 15.8. The molecule has 0 aromatic rings. The Hall–Kier alpha value is -0.810. The highest BCUT2D eigenvalue weighted by atomic mass is 16.3. The smallest absolute Gasteiger partial charge is 0.193 e. The molecular weight excluding hydrogens is 276 g/mol. The molecule has 2 N–H and O–H groups in total. The average Bonchev–Trinajstić information content (AvgIpc) is 2.53. The van der Waals surface area contributed by atoms with Gasteiger partial charge in [0.1, 0.15) is 0 Å². The lowest BCUT2D eigenvalue weighted by Gasteiger charge is -2.33. The monoisotopic (exact) mass is 310 g/mol. The largest absolute Gasteiger partial charge is 0.393 e. The molecule has 2 heterocycles. The molecule has 0 aliphatic carbocycles. The van der Waals surface area contributed by atoms with E-state index in [0.717, 1.165) is 77.0 Å². The Bertz CT molecular complexity index is 332. The van der Waals surface area contributed by atoms with Crippen molar-refractivity contribution in [1.82, 2.24) is 15.1 Å². The first kappa shape index (κ1) is 17.5. The quantitative estimate of drug-likeness (QED) is 0.459. The number of piperidine rings is 2. The fourth-order valence-corrected chi connectivity index (χ4v) is 3.27. The molecule has 0 aromatic heterocycles. The SMILES string of the molecule is CCNC(=NCCCN1CCC(O)CC1)N1CCC(C)CC1. The maximum atomic E-state index is 9.53. The number of aliphatic hydroxyl groups is 1. The van der Waals surface area contributed by atoms with Gasteiger partial charge < -0.3 is 20.2 Å². The molecule has 2 fully saturated rings. The van der Waals surface area contributed by atoms with Crippen LogP contribution in [0.3, 0.4) is 0 Å². The Morgan fingerprint density at radius 3 is 2.45 bits per heavy atom. The van der Waals surface area contributed by atoms with Gasteiger partial charge in [-0.2, -0.15) is 0 Å². The molecular formula is C17H34N4O. The molecule has 0 saturated carbocycles. The van der Waals surface area contributed by atoms with Crippen molar-refractivity contribution in [2.24, 2.45) is 10.9 Å². The summed E-state index contributed by atoms with van der Waals surface area (Å²) >= 11 is 0. The molecule has 0 bridgehead atoms. The van der Waals surface area contributed by atoms with Crippen LogP contribution < -0.4 is 5.32 Å². The van der Waals surface area contributed by atoms with Gasteiger partial charge in [0.25, 0.3) is 0 Å². The van der Waals surface area contributed by atoms with E-state index in [0.29, 0.717) is 0 Å². The molecule has 2 aliphatic rings. The zero-order valence-electron chi connectivity index (χ0n) is 14.4. The Kier molecular flexibility index (Phi) is 7.46. The van der Waals surface area contributed by atoms with Crippen LogP contribution in [-0.4, -0.2) is 72.8 Å². The third kappa shape index (κ3) is 5.76. The van der Waals surface area contributed by atoms with E-state index in [1.165, 1.54) is 12.8 Å². The first-order valence-electron chi connectivity index (χ1n) is 9.12. The fraction of sp³-hybridized carbons (Fsp3) is 0.941. The summed E-state index contributed by atoms with van der Waals surface area (Å²) in [5.41, 5.74) is 0. The molecule has 0 aromatic carbocycles. The molecule has 128 valence electrons. The number of nitrogens with one attached hydrogen (secondary N) is 1. The maximum absolute atomic E-state index is 9.53. The van der Waals surface area contributed by atoms with Crippen molar-refractivity contribution in [3.05, 3.63) is 0 Å². The summed E-state index contributed by atoms with van der Waals surface area (Å²) in [4.78, 5) is 9.69.